The third-order valence-corrected chi connectivity index (χ3v) is 3.85. The molecule has 0 radical (unpaired) electrons. The van der Waals surface area contributed by atoms with Crippen molar-refractivity contribution in [1.29, 1.82) is 0 Å². The first-order valence-electron chi connectivity index (χ1n) is 7.24. The Bertz CT molecular complexity index is 703. The second-order valence-electron chi connectivity index (χ2n) is 5.37. The lowest BCUT2D eigenvalue weighted by atomic mass is 9.88. The molecule has 0 heterocycles. The number of anilines is 1. The van der Waals surface area contributed by atoms with E-state index in [1.165, 1.54) is 11.6 Å². The Morgan fingerprint density at radius 2 is 1.95 bits per heavy atom. The van der Waals surface area contributed by atoms with Crippen LogP contribution in [-0.2, 0) is 6.42 Å². The van der Waals surface area contributed by atoms with E-state index in [0.29, 0.717) is 0 Å². The van der Waals surface area contributed by atoms with Crippen LogP contribution in [0.3, 0.4) is 0 Å². The van der Waals surface area contributed by atoms with Crippen molar-refractivity contribution in [2.75, 3.05) is 5.32 Å². The van der Waals surface area contributed by atoms with Crippen molar-refractivity contribution in [2.24, 2.45) is 0 Å². The average molecular weight is 302 g/mol. The summed E-state index contributed by atoms with van der Waals surface area (Å²) in [5, 5.41) is 5.28. The van der Waals surface area contributed by atoms with Gasteiger partial charge in [0.15, 0.2) is 0 Å². The zero-order chi connectivity index (χ0) is 15.5. The Balaban J connectivity index is 1.70. The van der Waals surface area contributed by atoms with Gasteiger partial charge in [0.2, 0.25) is 0 Å². The van der Waals surface area contributed by atoms with E-state index in [-0.39, 0.29) is 11.7 Å². The third kappa shape index (κ3) is 3.08. The lowest BCUT2D eigenvalue weighted by Crippen LogP contribution is -2.34. The van der Waals surface area contributed by atoms with Crippen LogP contribution in [0.1, 0.15) is 30.0 Å². The fraction of sp³-hybridized carbons (Fsp3) is 0.235. The van der Waals surface area contributed by atoms with Crippen LogP contribution in [0.5, 0.6) is 0 Å². The molecule has 2 aromatic carbocycles. The van der Waals surface area contributed by atoms with Gasteiger partial charge in [-0.05, 0) is 42.5 Å². The Labute approximate surface area is 127 Å². The van der Waals surface area contributed by atoms with Crippen LogP contribution >= 0.6 is 0 Å². The van der Waals surface area contributed by atoms with Crippen molar-refractivity contribution in [3.8, 4) is 0 Å². The molecule has 114 valence electrons. The molecule has 3 nitrogen and oxygen atoms in total. The van der Waals surface area contributed by atoms with Crippen LogP contribution in [0.15, 0.2) is 42.5 Å². The molecule has 0 bridgehead atoms. The number of nitrogens with one attached hydrogen (secondary N) is 2. The summed E-state index contributed by atoms with van der Waals surface area (Å²) in [6.45, 7) is 0. The second-order valence-corrected chi connectivity index (χ2v) is 5.37. The van der Waals surface area contributed by atoms with E-state index in [0.717, 1.165) is 37.0 Å². The van der Waals surface area contributed by atoms with Crippen LogP contribution in [-0.4, -0.2) is 6.03 Å². The first kappa shape index (κ1) is 14.5. The van der Waals surface area contributed by atoms with Gasteiger partial charge in [-0.1, -0.05) is 24.3 Å². The van der Waals surface area contributed by atoms with Crippen molar-refractivity contribution < 1.29 is 13.6 Å². The monoisotopic (exact) mass is 302 g/mol. The molecular formula is C17H16F2N2O. The average Bonchev–Trinajstić information content (AvgIpc) is 2.50. The maximum absolute atomic E-state index is 13.5. The highest BCUT2D eigenvalue weighted by Gasteiger charge is 2.21. The molecule has 0 saturated carbocycles. The van der Waals surface area contributed by atoms with Crippen LogP contribution in [0.2, 0.25) is 0 Å². The molecule has 2 aromatic rings. The van der Waals surface area contributed by atoms with Crippen molar-refractivity contribution >= 4 is 11.7 Å². The summed E-state index contributed by atoms with van der Waals surface area (Å²) in [5.74, 6) is -1.47. The van der Waals surface area contributed by atoms with Gasteiger partial charge in [-0.25, -0.2) is 13.6 Å². The summed E-state index contributed by atoms with van der Waals surface area (Å²) in [6.07, 6.45) is 2.84. The van der Waals surface area contributed by atoms with Crippen molar-refractivity contribution in [3.05, 3.63) is 65.2 Å². The highest BCUT2D eigenvalue weighted by molar-refractivity contribution is 5.89. The number of hydrogen-bond acceptors (Lipinski definition) is 1. The van der Waals surface area contributed by atoms with E-state index in [2.05, 4.69) is 16.7 Å². The molecule has 0 aromatic heterocycles. The first-order chi connectivity index (χ1) is 10.6. The largest absolute Gasteiger partial charge is 0.331 e. The summed E-state index contributed by atoms with van der Waals surface area (Å²) in [5.41, 5.74) is 2.29. The molecule has 0 spiro atoms. The van der Waals surface area contributed by atoms with Gasteiger partial charge in [0, 0.05) is 6.07 Å². The molecule has 0 unspecified atom stereocenters. The van der Waals surface area contributed by atoms with Crippen LogP contribution in [0.25, 0.3) is 0 Å². The minimum atomic E-state index is -0.792. The number of fused-ring (bicyclic) bond motifs is 1. The molecule has 5 heteroatoms. The van der Waals surface area contributed by atoms with Crippen LogP contribution in [0, 0.1) is 11.6 Å². The Morgan fingerprint density at radius 3 is 2.77 bits per heavy atom. The van der Waals surface area contributed by atoms with E-state index in [4.69, 9.17) is 0 Å². The zero-order valence-electron chi connectivity index (χ0n) is 11.9. The maximum atomic E-state index is 13.5. The third-order valence-electron chi connectivity index (χ3n) is 3.85. The van der Waals surface area contributed by atoms with Gasteiger partial charge >= 0.3 is 6.03 Å². The molecule has 1 atom stereocenters. The second kappa shape index (κ2) is 6.13. The van der Waals surface area contributed by atoms with E-state index in [1.54, 1.807) is 0 Å². The van der Waals surface area contributed by atoms with Crippen molar-refractivity contribution in [1.82, 2.24) is 5.32 Å². The fourth-order valence-corrected chi connectivity index (χ4v) is 2.81. The smallest absolute Gasteiger partial charge is 0.319 e. The lowest BCUT2D eigenvalue weighted by Gasteiger charge is -2.26. The van der Waals surface area contributed by atoms with Gasteiger partial charge in [-0.3, -0.25) is 0 Å². The molecule has 2 amide bonds. The number of amides is 2. The predicted molar refractivity (Wildman–Crippen MR) is 80.6 cm³/mol. The molecule has 1 aliphatic carbocycles. The fourth-order valence-electron chi connectivity index (χ4n) is 2.81. The number of carbonyl (C=O) groups is 1. The number of carbonyl (C=O) groups excluding carboxylic acids is 1. The van der Waals surface area contributed by atoms with E-state index < -0.39 is 17.7 Å². The first-order valence-corrected chi connectivity index (χ1v) is 7.24. The highest BCUT2D eigenvalue weighted by Crippen LogP contribution is 2.29. The van der Waals surface area contributed by atoms with Gasteiger partial charge in [-0.15, -0.1) is 0 Å². The predicted octanol–water partition coefficient (Wildman–Crippen LogP) is 4.16. The van der Waals surface area contributed by atoms with Gasteiger partial charge in [-0.2, -0.15) is 0 Å². The van der Waals surface area contributed by atoms with Crippen LogP contribution in [0.4, 0.5) is 19.3 Å². The molecular weight excluding hydrogens is 286 g/mol. The zero-order valence-corrected chi connectivity index (χ0v) is 11.9. The summed E-state index contributed by atoms with van der Waals surface area (Å²) in [4.78, 5) is 12.0. The molecule has 0 saturated heterocycles. The lowest BCUT2D eigenvalue weighted by molar-refractivity contribution is 0.247. The van der Waals surface area contributed by atoms with E-state index in [1.807, 2.05) is 18.2 Å². The number of rotatable bonds is 2. The van der Waals surface area contributed by atoms with E-state index >= 15 is 0 Å². The van der Waals surface area contributed by atoms with Gasteiger partial charge < -0.3 is 10.6 Å². The van der Waals surface area contributed by atoms with Gasteiger partial charge in [0.25, 0.3) is 0 Å². The molecule has 22 heavy (non-hydrogen) atoms. The minimum Gasteiger partial charge on any atom is -0.331 e. The number of benzene rings is 2. The normalized spacial score (nSPS) is 16.7. The molecule has 2 N–H and O–H groups in total. The maximum Gasteiger partial charge on any atom is 0.319 e. The molecule has 1 aliphatic rings. The number of hydrogen-bond donors (Lipinski definition) is 2. The molecule has 3 rings (SSSR count). The quantitative estimate of drug-likeness (QED) is 0.859. The van der Waals surface area contributed by atoms with Crippen molar-refractivity contribution in [3.63, 3.8) is 0 Å². The Morgan fingerprint density at radius 1 is 1.14 bits per heavy atom. The van der Waals surface area contributed by atoms with Crippen LogP contribution < -0.4 is 10.6 Å². The number of urea groups is 1. The standard InChI is InChI=1S/C17H16F2N2O/c18-12-8-9-16(14(19)10-12)21-17(22)20-15-7-3-5-11-4-1-2-6-13(11)15/h1-2,4,6,8-10,15H,3,5,7H2,(H2,20,21,22)/t15-/m0/s1. The SMILES string of the molecule is O=C(Nc1ccc(F)cc1F)N[C@H]1CCCc2ccccc21. The highest BCUT2D eigenvalue weighted by atomic mass is 19.1. The minimum absolute atomic E-state index is 0.0389. The summed E-state index contributed by atoms with van der Waals surface area (Å²) < 4.78 is 26.4. The summed E-state index contributed by atoms with van der Waals surface area (Å²) in [7, 11) is 0. The Hall–Kier alpha value is -2.43. The van der Waals surface area contributed by atoms with Crippen molar-refractivity contribution in [2.45, 2.75) is 25.3 Å². The van der Waals surface area contributed by atoms with Gasteiger partial charge in [0.05, 0.1) is 11.7 Å². The summed E-state index contributed by atoms with van der Waals surface area (Å²) in [6, 6.07) is 10.4. The summed E-state index contributed by atoms with van der Waals surface area (Å²) >= 11 is 0. The van der Waals surface area contributed by atoms with Gasteiger partial charge in [0.1, 0.15) is 11.6 Å². The molecule has 0 fully saturated rings. The molecule has 0 aliphatic heterocycles. The van der Waals surface area contributed by atoms with E-state index in [9.17, 15) is 13.6 Å². The Kier molecular flexibility index (Phi) is 4.04. The topological polar surface area (TPSA) is 41.1 Å². The number of halogens is 2. The number of aryl methyl sites for hydroxylation is 1.